The summed E-state index contributed by atoms with van der Waals surface area (Å²) in [6.07, 6.45) is 0.200. The molecule has 1 unspecified atom stereocenters. The van der Waals surface area contributed by atoms with Crippen molar-refractivity contribution in [2.24, 2.45) is 5.73 Å². The maximum absolute atomic E-state index is 5.68. The van der Waals surface area contributed by atoms with Gasteiger partial charge in [-0.1, -0.05) is 12.1 Å². The summed E-state index contributed by atoms with van der Waals surface area (Å²) >= 11 is 0. The largest absolute Gasteiger partial charge is 0.374 e. The first kappa shape index (κ1) is 13.5. The molecule has 18 heavy (non-hydrogen) atoms. The van der Waals surface area contributed by atoms with Crippen LogP contribution in [0.5, 0.6) is 0 Å². The first-order valence-corrected chi connectivity index (χ1v) is 6.71. The molecule has 0 amide bonds. The standard InChI is InChI=1S/C15H24N2O/c1-11-6-13(3)14(7-12(11)2)9-17-4-5-18-15(8-16)10-17/h6-7,15H,4-5,8-10,16H2,1-3H3. The molecule has 1 aromatic rings. The van der Waals surface area contributed by atoms with E-state index in [1.54, 1.807) is 0 Å². The summed E-state index contributed by atoms with van der Waals surface area (Å²) in [6.45, 7) is 10.9. The molecule has 1 fully saturated rings. The fourth-order valence-electron chi connectivity index (χ4n) is 2.50. The van der Waals surface area contributed by atoms with Gasteiger partial charge in [-0.15, -0.1) is 0 Å². The first-order chi connectivity index (χ1) is 8.60. The van der Waals surface area contributed by atoms with Gasteiger partial charge in [-0.25, -0.2) is 0 Å². The normalized spacial score (nSPS) is 21.2. The highest BCUT2D eigenvalue weighted by molar-refractivity contribution is 5.36. The Kier molecular flexibility index (Phi) is 4.38. The lowest BCUT2D eigenvalue weighted by molar-refractivity contribution is -0.0261. The van der Waals surface area contributed by atoms with E-state index in [1.165, 1.54) is 22.3 Å². The van der Waals surface area contributed by atoms with E-state index in [0.29, 0.717) is 6.54 Å². The second kappa shape index (κ2) is 5.83. The molecule has 0 saturated carbocycles. The second-order valence-corrected chi connectivity index (χ2v) is 5.33. The van der Waals surface area contributed by atoms with Crippen molar-refractivity contribution in [1.82, 2.24) is 4.90 Å². The van der Waals surface area contributed by atoms with E-state index in [4.69, 9.17) is 10.5 Å². The van der Waals surface area contributed by atoms with Crippen LogP contribution in [0.25, 0.3) is 0 Å². The summed E-state index contributed by atoms with van der Waals surface area (Å²) in [4.78, 5) is 2.44. The Balaban J connectivity index is 2.07. The van der Waals surface area contributed by atoms with Crippen molar-refractivity contribution in [3.05, 3.63) is 34.4 Å². The molecule has 2 N–H and O–H groups in total. The van der Waals surface area contributed by atoms with E-state index in [9.17, 15) is 0 Å². The molecule has 2 rings (SSSR count). The zero-order chi connectivity index (χ0) is 13.1. The van der Waals surface area contributed by atoms with Crippen LogP contribution in [0.15, 0.2) is 12.1 Å². The number of benzene rings is 1. The highest BCUT2D eigenvalue weighted by atomic mass is 16.5. The quantitative estimate of drug-likeness (QED) is 0.886. The van der Waals surface area contributed by atoms with E-state index in [1.807, 2.05) is 0 Å². The van der Waals surface area contributed by atoms with Crippen LogP contribution in [0.1, 0.15) is 22.3 Å². The van der Waals surface area contributed by atoms with Crippen molar-refractivity contribution in [2.45, 2.75) is 33.4 Å². The van der Waals surface area contributed by atoms with Gasteiger partial charge in [0.15, 0.2) is 0 Å². The van der Waals surface area contributed by atoms with E-state index < -0.39 is 0 Å². The van der Waals surface area contributed by atoms with Crippen molar-refractivity contribution in [2.75, 3.05) is 26.2 Å². The molecule has 100 valence electrons. The molecular weight excluding hydrogens is 224 g/mol. The Morgan fingerprint density at radius 1 is 1.22 bits per heavy atom. The van der Waals surface area contributed by atoms with Gasteiger partial charge in [0.05, 0.1) is 12.7 Å². The molecular formula is C15H24N2O. The fraction of sp³-hybridized carbons (Fsp3) is 0.600. The van der Waals surface area contributed by atoms with Crippen molar-refractivity contribution in [1.29, 1.82) is 0 Å². The Morgan fingerprint density at radius 3 is 2.67 bits per heavy atom. The number of nitrogens with two attached hydrogens (primary N) is 1. The molecule has 0 spiro atoms. The first-order valence-electron chi connectivity index (χ1n) is 6.71. The molecule has 3 nitrogen and oxygen atoms in total. The van der Waals surface area contributed by atoms with Gasteiger partial charge in [0.25, 0.3) is 0 Å². The van der Waals surface area contributed by atoms with Crippen LogP contribution in [-0.2, 0) is 11.3 Å². The van der Waals surface area contributed by atoms with Gasteiger partial charge in [0.1, 0.15) is 0 Å². The topological polar surface area (TPSA) is 38.5 Å². The Bertz CT molecular complexity index is 417. The van der Waals surface area contributed by atoms with E-state index in [2.05, 4.69) is 37.8 Å². The molecule has 0 bridgehead atoms. The van der Waals surface area contributed by atoms with Gasteiger partial charge in [0, 0.05) is 26.2 Å². The van der Waals surface area contributed by atoms with Crippen molar-refractivity contribution in [3.8, 4) is 0 Å². The highest BCUT2D eigenvalue weighted by Gasteiger charge is 2.19. The van der Waals surface area contributed by atoms with Crippen LogP contribution in [0.2, 0.25) is 0 Å². The van der Waals surface area contributed by atoms with E-state index in [0.717, 1.165) is 26.2 Å². The molecule has 1 aliphatic heterocycles. The van der Waals surface area contributed by atoms with Gasteiger partial charge in [-0.05, 0) is 43.0 Å². The molecule has 1 saturated heterocycles. The molecule has 0 aromatic heterocycles. The summed E-state index contributed by atoms with van der Waals surface area (Å²) in [5.74, 6) is 0. The lowest BCUT2D eigenvalue weighted by Crippen LogP contribution is -2.45. The van der Waals surface area contributed by atoms with Crippen molar-refractivity contribution >= 4 is 0 Å². The number of hydrogen-bond acceptors (Lipinski definition) is 3. The molecule has 1 heterocycles. The number of rotatable bonds is 3. The minimum atomic E-state index is 0.200. The number of morpholine rings is 1. The summed E-state index contributed by atoms with van der Waals surface area (Å²) in [6, 6.07) is 4.60. The average molecular weight is 248 g/mol. The molecule has 0 radical (unpaired) electrons. The van der Waals surface area contributed by atoms with Crippen LogP contribution in [0.4, 0.5) is 0 Å². The minimum absolute atomic E-state index is 0.200. The lowest BCUT2D eigenvalue weighted by atomic mass is 10.0. The molecule has 1 aliphatic rings. The maximum atomic E-state index is 5.68. The minimum Gasteiger partial charge on any atom is -0.374 e. The molecule has 1 atom stereocenters. The van der Waals surface area contributed by atoms with Crippen LogP contribution < -0.4 is 5.73 Å². The smallest absolute Gasteiger partial charge is 0.0824 e. The van der Waals surface area contributed by atoms with E-state index in [-0.39, 0.29) is 6.10 Å². The van der Waals surface area contributed by atoms with Crippen LogP contribution in [0, 0.1) is 20.8 Å². The van der Waals surface area contributed by atoms with E-state index >= 15 is 0 Å². The number of ether oxygens (including phenoxy) is 1. The van der Waals surface area contributed by atoms with Gasteiger partial charge >= 0.3 is 0 Å². The third-order valence-electron chi connectivity index (χ3n) is 3.83. The maximum Gasteiger partial charge on any atom is 0.0824 e. The third kappa shape index (κ3) is 3.10. The predicted octanol–water partition coefficient (Wildman–Crippen LogP) is 1.77. The van der Waals surface area contributed by atoms with Gasteiger partial charge in [-0.2, -0.15) is 0 Å². The summed E-state index contributed by atoms with van der Waals surface area (Å²) in [5.41, 5.74) is 11.2. The van der Waals surface area contributed by atoms with Gasteiger partial charge in [-0.3, -0.25) is 4.90 Å². The fourth-order valence-corrected chi connectivity index (χ4v) is 2.50. The zero-order valence-electron chi connectivity index (χ0n) is 11.7. The highest BCUT2D eigenvalue weighted by Crippen LogP contribution is 2.18. The third-order valence-corrected chi connectivity index (χ3v) is 3.83. The second-order valence-electron chi connectivity index (χ2n) is 5.33. The number of aryl methyl sites for hydroxylation is 3. The predicted molar refractivity (Wildman–Crippen MR) is 74.7 cm³/mol. The summed E-state index contributed by atoms with van der Waals surface area (Å²) in [7, 11) is 0. The van der Waals surface area contributed by atoms with Gasteiger partial charge < -0.3 is 10.5 Å². The number of hydrogen-bond donors (Lipinski definition) is 1. The van der Waals surface area contributed by atoms with Crippen molar-refractivity contribution < 1.29 is 4.74 Å². The van der Waals surface area contributed by atoms with Crippen molar-refractivity contribution in [3.63, 3.8) is 0 Å². The Morgan fingerprint density at radius 2 is 1.94 bits per heavy atom. The molecule has 0 aliphatic carbocycles. The monoisotopic (exact) mass is 248 g/mol. The average Bonchev–Trinajstić information content (AvgIpc) is 2.36. The lowest BCUT2D eigenvalue weighted by Gasteiger charge is -2.32. The Hall–Kier alpha value is -0.900. The molecule has 3 heteroatoms. The van der Waals surface area contributed by atoms with Crippen LogP contribution in [-0.4, -0.2) is 37.2 Å². The SMILES string of the molecule is Cc1cc(C)c(CN2CCOC(CN)C2)cc1C. The van der Waals surface area contributed by atoms with Crippen LogP contribution in [0.3, 0.4) is 0 Å². The van der Waals surface area contributed by atoms with Crippen LogP contribution >= 0.6 is 0 Å². The zero-order valence-corrected chi connectivity index (χ0v) is 11.7. The Labute approximate surface area is 110 Å². The summed E-state index contributed by atoms with van der Waals surface area (Å²) in [5, 5.41) is 0. The summed E-state index contributed by atoms with van der Waals surface area (Å²) < 4.78 is 5.60. The van der Waals surface area contributed by atoms with Gasteiger partial charge in [0.2, 0.25) is 0 Å². The number of nitrogens with zero attached hydrogens (tertiary/aromatic N) is 1. The molecule has 1 aromatic carbocycles.